The molecule has 0 atom stereocenters. The minimum Gasteiger partial charge on any atom is -0.310 e. The van der Waals surface area contributed by atoms with E-state index in [1.165, 1.54) is 49.3 Å². The van der Waals surface area contributed by atoms with Crippen LogP contribution in [0.2, 0.25) is 0 Å². The summed E-state index contributed by atoms with van der Waals surface area (Å²) >= 11 is 0. The van der Waals surface area contributed by atoms with Crippen LogP contribution in [0.3, 0.4) is 0 Å². The Balaban J connectivity index is 1.67. The Morgan fingerprint density at radius 2 is 1.50 bits per heavy atom. The number of carbonyl (C=O) groups is 1. The summed E-state index contributed by atoms with van der Waals surface area (Å²) in [7, 11) is -4.90. The third-order valence-electron chi connectivity index (χ3n) is 6.03. The van der Waals surface area contributed by atoms with Crippen molar-refractivity contribution in [3.8, 4) is 0 Å². The fraction of sp³-hybridized carbons (Fsp3) is 0.240. The van der Waals surface area contributed by atoms with Crippen LogP contribution in [0.4, 0.5) is 15.8 Å². The van der Waals surface area contributed by atoms with Gasteiger partial charge in [0.05, 0.1) is 15.5 Å². The van der Waals surface area contributed by atoms with Crippen LogP contribution >= 0.6 is 0 Å². The topological polar surface area (TPSA) is 95.1 Å². The molecule has 1 aliphatic rings. The molecule has 0 saturated carbocycles. The zero-order chi connectivity index (χ0) is 26.3. The third kappa shape index (κ3) is 4.86. The summed E-state index contributed by atoms with van der Waals surface area (Å²) in [5.74, 6) is -1.02. The maximum atomic E-state index is 13.6. The molecule has 3 aromatic carbocycles. The van der Waals surface area contributed by atoms with Crippen LogP contribution in [0.5, 0.6) is 0 Å². The van der Waals surface area contributed by atoms with Gasteiger partial charge in [-0.3, -0.25) is 9.10 Å². The first-order chi connectivity index (χ1) is 16.9. The van der Waals surface area contributed by atoms with Crippen molar-refractivity contribution in [3.05, 3.63) is 83.7 Å². The number of sulfonamides is 2. The smallest absolute Gasteiger partial charge is 0.264 e. The molecule has 4 rings (SSSR count). The molecule has 1 amide bonds. The molecule has 190 valence electrons. The molecule has 0 unspecified atom stereocenters. The van der Waals surface area contributed by atoms with Gasteiger partial charge in [-0.2, -0.15) is 0 Å². The maximum Gasteiger partial charge on any atom is 0.264 e. The first kappa shape index (κ1) is 25.8. The minimum absolute atomic E-state index is 0.00517. The van der Waals surface area contributed by atoms with Crippen LogP contribution in [0.1, 0.15) is 11.1 Å². The number of hydrogen-bond donors (Lipinski definition) is 0. The zero-order valence-electron chi connectivity index (χ0n) is 20.0. The molecule has 36 heavy (non-hydrogen) atoms. The standard InChI is InChI=1S/C25H26FN3O5S2/c1-18-4-10-22(11-5-18)36(33,34)29(21-8-6-20(26)7-9-21)17-25(30)28-15-14-19-16-23(12-13-24(19)28)35(31,32)27(2)3/h4-13,16H,14-15,17H2,1-3H3. The number of carbonyl (C=O) groups excluding carboxylic acids is 1. The lowest BCUT2D eigenvalue weighted by Gasteiger charge is -2.27. The van der Waals surface area contributed by atoms with Crippen LogP contribution < -0.4 is 9.21 Å². The summed E-state index contributed by atoms with van der Waals surface area (Å²) < 4.78 is 67.7. The highest BCUT2D eigenvalue weighted by molar-refractivity contribution is 7.92. The molecule has 1 heterocycles. The molecule has 0 aromatic heterocycles. The summed E-state index contributed by atoms with van der Waals surface area (Å²) in [6, 6.07) is 15.7. The fourth-order valence-electron chi connectivity index (χ4n) is 3.98. The second-order valence-electron chi connectivity index (χ2n) is 8.67. The van der Waals surface area contributed by atoms with Gasteiger partial charge in [0.2, 0.25) is 15.9 Å². The van der Waals surface area contributed by atoms with Crippen molar-refractivity contribution in [2.24, 2.45) is 0 Å². The van der Waals surface area contributed by atoms with E-state index in [0.29, 0.717) is 17.7 Å². The van der Waals surface area contributed by atoms with Crippen molar-refractivity contribution in [2.75, 3.05) is 36.4 Å². The molecule has 0 radical (unpaired) electrons. The lowest BCUT2D eigenvalue weighted by atomic mass is 10.2. The van der Waals surface area contributed by atoms with Crippen LogP contribution in [0.15, 0.2) is 76.5 Å². The van der Waals surface area contributed by atoms with E-state index < -0.39 is 38.3 Å². The van der Waals surface area contributed by atoms with E-state index >= 15 is 0 Å². The summed E-state index contributed by atoms with van der Waals surface area (Å²) in [5.41, 5.74) is 2.24. The maximum absolute atomic E-state index is 13.6. The summed E-state index contributed by atoms with van der Waals surface area (Å²) in [5, 5.41) is 0. The van der Waals surface area contributed by atoms with Crippen molar-refractivity contribution >= 4 is 37.3 Å². The lowest BCUT2D eigenvalue weighted by molar-refractivity contribution is -0.117. The number of hydrogen-bond acceptors (Lipinski definition) is 5. The predicted octanol–water partition coefficient (Wildman–Crippen LogP) is 3.17. The van der Waals surface area contributed by atoms with E-state index in [0.717, 1.165) is 26.3 Å². The van der Waals surface area contributed by atoms with Crippen LogP contribution in [0, 0.1) is 12.7 Å². The Hall–Kier alpha value is -3.28. The van der Waals surface area contributed by atoms with E-state index in [-0.39, 0.29) is 22.0 Å². The largest absolute Gasteiger partial charge is 0.310 e. The Morgan fingerprint density at radius 1 is 0.889 bits per heavy atom. The number of halogens is 1. The number of fused-ring (bicyclic) bond motifs is 1. The molecule has 0 aliphatic carbocycles. The Bertz CT molecular complexity index is 1500. The molecular weight excluding hydrogens is 505 g/mol. The van der Waals surface area contributed by atoms with Crippen LogP contribution in [-0.2, 0) is 31.3 Å². The van der Waals surface area contributed by atoms with Gasteiger partial charge in [-0.25, -0.2) is 25.5 Å². The molecule has 1 aliphatic heterocycles. The first-order valence-electron chi connectivity index (χ1n) is 11.1. The zero-order valence-corrected chi connectivity index (χ0v) is 21.7. The van der Waals surface area contributed by atoms with Crippen LogP contribution in [0.25, 0.3) is 0 Å². The van der Waals surface area contributed by atoms with Gasteiger partial charge in [-0.1, -0.05) is 17.7 Å². The molecule has 3 aromatic rings. The highest BCUT2D eigenvalue weighted by Crippen LogP contribution is 2.32. The van der Waals surface area contributed by atoms with Gasteiger partial charge >= 0.3 is 0 Å². The molecule has 0 fully saturated rings. The van der Waals surface area contributed by atoms with Crippen molar-refractivity contribution in [1.29, 1.82) is 0 Å². The Morgan fingerprint density at radius 3 is 2.11 bits per heavy atom. The number of rotatable bonds is 7. The molecule has 8 nitrogen and oxygen atoms in total. The fourth-order valence-corrected chi connectivity index (χ4v) is 6.34. The number of benzene rings is 3. The van der Waals surface area contributed by atoms with E-state index in [4.69, 9.17) is 0 Å². The van der Waals surface area contributed by atoms with E-state index in [1.54, 1.807) is 24.3 Å². The second-order valence-corrected chi connectivity index (χ2v) is 12.7. The van der Waals surface area contributed by atoms with Crippen molar-refractivity contribution in [3.63, 3.8) is 0 Å². The molecule has 0 spiro atoms. The van der Waals surface area contributed by atoms with E-state index in [1.807, 2.05) is 6.92 Å². The Labute approximate surface area is 210 Å². The monoisotopic (exact) mass is 531 g/mol. The summed E-state index contributed by atoms with van der Waals surface area (Å²) in [4.78, 5) is 15.0. The van der Waals surface area contributed by atoms with Crippen molar-refractivity contribution in [1.82, 2.24) is 4.31 Å². The number of anilines is 2. The number of amides is 1. The highest BCUT2D eigenvalue weighted by Gasteiger charge is 2.32. The minimum atomic E-state index is -4.14. The second kappa shape index (κ2) is 9.64. The van der Waals surface area contributed by atoms with Gasteiger partial charge < -0.3 is 4.90 Å². The summed E-state index contributed by atoms with van der Waals surface area (Å²) in [6.45, 7) is 1.60. The molecule has 0 bridgehead atoms. The third-order valence-corrected chi connectivity index (χ3v) is 9.63. The van der Waals surface area contributed by atoms with Crippen molar-refractivity contribution in [2.45, 2.75) is 23.1 Å². The number of aryl methyl sites for hydroxylation is 1. The van der Waals surface area contributed by atoms with Gasteiger partial charge in [0, 0.05) is 26.3 Å². The van der Waals surface area contributed by atoms with Crippen molar-refractivity contribution < 1.29 is 26.0 Å². The van der Waals surface area contributed by atoms with Crippen LogP contribution in [-0.4, -0.2) is 54.2 Å². The molecule has 11 heteroatoms. The Kier molecular flexibility index (Phi) is 6.91. The van der Waals surface area contributed by atoms with Gasteiger partial charge in [0.15, 0.2) is 0 Å². The number of nitrogens with zero attached hydrogens (tertiary/aromatic N) is 3. The average molecular weight is 532 g/mol. The molecular formula is C25H26FN3O5S2. The normalized spacial score (nSPS) is 13.6. The SMILES string of the molecule is Cc1ccc(S(=O)(=O)N(CC(=O)N2CCc3cc(S(=O)(=O)N(C)C)ccc32)c2ccc(F)cc2)cc1. The van der Waals surface area contributed by atoms with Gasteiger partial charge in [-0.15, -0.1) is 0 Å². The van der Waals surface area contributed by atoms with Gasteiger partial charge in [0.1, 0.15) is 12.4 Å². The van der Waals surface area contributed by atoms with Gasteiger partial charge in [-0.05, 0) is 73.5 Å². The summed E-state index contributed by atoms with van der Waals surface area (Å²) in [6.07, 6.45) is 0.430. The quantitative estimate of drug-likeness (QED) is 0.467. The molecule has 0 N–H and O–H groups in total. The average Bonchev–Trinajstić information content (AvgIpc) is 3.26. The predicted molar refractivity (Wildman–Crippen MR) is 135 cm³/mol. The first-order valence-corrected chi connectivity index (χ1v) is 14.0. The van der Waals surface area contributed by atoms with E-state index in [2.05, 4.69) is 0 Å². The van der Waals surface area contributed by atoms with E-state index in [9.17, 15) is 26.0 Å². The highest BCUT2D eigenvalue weighted by atomic mass is 32.2. The molecule has 0 saturated heterocycles. The lowest BCUT2D eigenvalue weighted by Crippen LogP contribution is -2.42. The van der Waals surface area contributed by atoms with Gasteiger partial charge in [0.25, 0.3) is 10.0 Å².